The van der Waals surface area contributed by atoms with Gasteiger partial charge in [-0.05, 0) is 52.3 Å². The summed E-state index contributed by atoms with van der Waals surface area (Å²) in [5.74, 6) is 0.415. The second-order valence-corrected chi connectivity index (χ2v) is 6.26. The summed E-state index contributed by atoms with van der Waals surface area (Å²) in [6.45, 7) is 4.31. The topological polar surface area (TPSA) is 20.7 Å². The summed E-state index contributed by atoms with van der Waals surface area (Å²) in [5.41, 5.74) is 2.24. The largest absolute Gasteiger partial charge is 0.337 e. The Kier molecular flexibility index (Phi) is 3.90. The van der Waals surface area contributed by atoms with Crippen LogP contribution in [-0.2, 0) is 0 Å². The molecular formula is C12H12Br2N2S. The Balaban J connectivity index is 2.68. The van der Waals surface area contributed by atoms with Crippen LogP contribution >= 0.6 is 44.1 Å². The Morgan fingerprint density at radius 1 is 1.29 bits per heavy atom. The average Bonchev–Trinajstić information content (AvgIpc) is 2.60. The molecule has 0 fully saturated rings. The molecule has 0 unspecified atom stereocenters. The van der Waals surface area contributed by atoms with Crippen molar-refractivity contribution in [3.05, 3.63) is 43.8 Å². The number of rotatable bonds is 2. The predicted molar refractivity (Wildman–Crippen MR) is 80.4 cm³/mol. The summed E-state index contributed by atoms with van der Waals surface area (Å²) >= 11 is 12.4. The summed E-state index contributed by atoms with van der Waals surface area (Å²) in [6.07, 6.45) is 1.97. The van der Waals surface area contributed by atoms with E-state index in [1.165, 1.54) is 5.69 Å². The van der Waals surface area contributed by atoms with Crippen LogP contribution in [0.4, 0.5) is 0 Å². The van der Waals surface area contributed by atoms with E-state index in [2.05, 4.69) is 55.3 Å². The number of nitrogens with zero attached hydrogens (tertiary/aromatic N) is 1. The number of H-pyrrole nitrogens is 1. The van der Waals surface area contributed by atoms with Gasteiger partial charge in [0.15, 0.2) is 4.77 Å². The highest BCUT2D eigenvalue weighted by atomic mass is 79.9. The highest BCUT2D eigenvalue weighted by Crippen LogP contribution is 2.28. The Bertz CT molecular complexity index is 599. The zero-order valence-electron chi connectivity index (χ0n) is 9.50. The summed E-state index contributed by atoms with van der Waals surface area (Å²) in [7, 11) is 0. The molecule has 1 aromatic heterocycles. The van der Waals surface area contributed by atoms with Crippen molar-refractivity contribution in [2.75, 3.05) is 0 Å². The van der Waals surface area contributed by atoms with E-state index in [9.17, 15) is 0 Å². The van der Waals surface area contributed by atoms with Crippen molar-refractivity contribution in [1.29, 1.82) is 0 Å². The van der Waals surface area contributed by atoms with Gasteiger partial charge in [0.1, 0.15) is 0 Å². The molecular weight excluding hydrogens is 364 g/mol. The zero-order valence-corrected chi connectivity index (χ0v) is 13.5. The Morgan fingerprint density at radius 3 is 2.59 bits per heavy atom. The summed E-state index contributed by atoms with van der Waals surface area (Å²) in [5, 5.41) is 0. The van der Waals surface area contributed by atoms with E-state index in [4.69, 9.17) is 12.2 Å². The number of aromatic amines is 1. The first kappa shape index (κ1) is 13.1. The fraction of sp³-hybridized carbons (Fsp3) is 0.250. The minimum absolute atomic E-state index is 0.415. The van der Waals surface area contributed by atoms with Gasteiger partial charge >= 0.3 is 0 Å². The normalized spacial score (nSPS) is 11.1. The number of nitrogens with one attached hydrogen (secondary N) is 1. The van der Waals surface area contributed by atoms with E-state index in [1.807, 2.05) is 24.4 Å². The van der Waals surface area contributed by atoms with Gasteiger partial charge in [0.05, 0.1) is 5.69 Å². The molecule has 1 heterocycles. The SMILES string of the molecule is CC(C)c1c[nH]c(=S)n1-c1ccc(Br)cc1Br. The molecule has 90 valence electrons. The first-order chi connectivity index (χ1) is 8.00. The van der Waals surface area contributed by atoms with Crippen LogP contribution in [0, 0.1) is 4.77 Å². The van der Waals surface area contributed by atoms with Gasteiger partial charge in [-0.1, -0.05) is 29.8 Å². The highest BCUT2D eigenvalue weighted by molar-refractivity contribution is 9.11. The van der Waals surface area contributed by atoms with E-state index in [1.54, 1.807) is 0 Å². The monoisotopic (exact) mass is 374 g/mol. The second kappa shape index (κ2) is 5.08. The van der Waals surface area contributed by atoms with Gasteiger partial charge in [0, 0.05) is 20.8 Å². The number of benzene rings is 1. The quantitative estimate of drug-likeness (QED) is 0.717. The van der Waals surface area contributed by atoms with Crippen LogP contribution in [-0.4, -0.2) is 9.55 Å². The molecule has 17 heavy (non-hydrogen) atoms. The molecule has 0 radical (unpaired) electrons. The predicted octanol–water partition coefficient (Wildman–Crippen LogP) is 5.18. The second-order valence-electron chi connectivity index (χ2n) is 4.10. The highest BCUT2D eigenvalue weighted by Gasteiger charge is 2.12. The van der Waals surface area contributed by atoms with Crippen molar-refractivity contribution in [2.45, 2.75) is 19.8 Å². The number of aromatic nitrogens is 2. The molecule has 1 aromatic carbocycles. The molecule has 0 aliphatic rings. The fourth-order valence-electron chi connectivity index (χ4n) is 1.72. The van der Waals surface area contributed by atoms with Crippen LogP contribution in [0.1, 0.15) is 25.5 Å². The van der Waals surface area contributed by atoms with Crippen LogP contribution in [0.3, 0.4) is 0 Å². The van der Waals surface area contributed by atoms with Gasteiger partial charge in [0.2, 0.25) is 0 Å². The van der Waals surface area contributed by atoms with Gasteiger partial charge in [-0.3, -0.25) is 4.57 Å². The van der Waals surface area contributed by atoms with E-state index >= 15 is 0 Å². The molecule has 0 amide bonds. The minimum atomic E-state index is 0.415. The summed E-state index contributed by atoms with van der Waals surface area (Å²) < 4.78 is 4.85. The molecule has 0 atom stereocenters. The molecule has 2 rings (SSSR count). The standard InChI is InChI=1S/C12H12Br2N2S/c1-7(2)11-6-15-12(17)16(11)10-4-3-8(13)5-9(10)14/h3-7H,1-2H3,(H,15,17). The van der Waals surface area contributed by atoms with Crippen LogP contribution < -0.4 is 0 Å². The third-order valence-corrected chi connectivity index (χ3v) is 3.98. The molecule has 1 N–H and O–H groups in total. The lowest BCUT2D eigenvalue weighted by Gasteiger charge is -2.12. The van der Waals surface area contributed by atoms with Crippen molar-refractivity contribution >= 4 is 44.1 Å². The molecule has 0 spiro atoms. The third kappa shape index (κ3) is 2.56. The van der Waals surface area contributed by atoms with Gasteiger partial charge < -0.3 is 4.98 Å². The molecule has 2 aromatic rings. The van der Waals surface area contributed by atoms with E-state index in [0.29, 0.717) is 5.92 Å². The minimum Gasteiger partial charge on any atom is -0.337 e. The van der Waals surface area contributed by atoms with Crippen molar-refractivity contribution < 1.29 is 0 Å². The average molecular weight is 376 g/mol. The van der Waals surface area contributed by atoms with Gasteiger partial charge in [-0.15, -0.1) is 0 Å². The summed E-state index contributed by atoms with van der Waals surface area (Å²) in [4.78, 5) is 3.10. The first-order valence-corrected chi connectivity index (χ1v) is 7.26. The maximum absolute atomic E-state index is 5.34. The molecule has 5 heteroatoms. The Morgan fingerprint density at radius 2 is 2.00 bits per heavy atom. The third-order valence-electron chi connectivity index (χ3n) is 2.55. The number of imidazole rings is 1. The summed E-state index contributed by atoms with van der Waals surface area (Å²) in [6, 6.07) is 6.08. The number of halogens is 2. The maximum Gasteiger partial charge on any atom is 0.182 e. The Labute approximate surface area is 122 Å². The first-order valence-electron chi connectivity index (χ1n) is 5.26. The van der Waals surface area contributed by atoms with Crippen molar-refractivity contribution in [1.82, 2.24) is 9.55 Å². The van der Waals surface area contributed by atoms with E-state index < -0.39 is 0 Å². The molecule has 0 bridgehead atoms. The Hall–Kier alpha value is -0.390. The molecule has 0 aliphatic heterocycles. The van der Waals surface area contributed by atoms with Crippen molar-refractivity contribution in [2.24, 2.45) is 0 Å². The van der Waals surface area contributed by atoms with Crippen LogP contribution in [0.2, 0.25) is 0 Å². The molecule has 0 saturated heterocycles. The van der Waals surface area contributed by atoms with E-state index in [-0.39, 0.29) is 0 Å². The molecule has 2 nitrogen and oxygen atoms in total. The fourth-order valence-corrected chi connectivity index (χ4v) is 3.21. The molecule has 0 saturated carbocycles. The lowest BCUT2D eigenvalue weighted by Crippen LogP contribution is -2.02. The van der Waals surface area contributed by atoms with Gasteiger partial charge in [0.25, 0.3) is 0 Å². The van der Waals surface area contributed by atoms with Crippen LogP contribution in [0.15, 0.2) is 33.3 Å². The van der Waals surface area contributed by atoms with E-state index in [0.717, 1.165) is 19.4 Å². The van der Waals surface area contributed by atoms with Gasteiger partial charge in [-0.2, -0.15) is 0 Å². The van der Waals surface area contributed by atoms with Gasteiger partial charge in [-0.25, -0.2) is 0 Å². The van der Waals surface area contributed by atoms with Crippen molar-refractivity contribution in [3.8, 4) is 5.69 Å². The molecule has 0 aliphatic carbocycles. The number of hydrogen-bond donors (Lipinski definition) is 1. The zero-order chi connectivity index (χ0) is 12.6. The lowest BCUT2D eigenvalue weighted by molar-refractivity contribution is 0.782. The maximum atomic E-state index is 5.34. The lowest BCUT2D eigenvalue weighted by atomic mass is 10.1. The van der Waals surface area contributed by atoms with Crippen LogP contribution in [0.5, 0.6) is 0 Å². The van der Waals surface area contributed by atoms with Crippen molar-refractivity contribution in [3.63, 3.8) is 0 Å². The smallest absolute Gasteiger partial charge is 0.182 e. The van der Waals surface area contributed by atoms with Crippen LogP contribution in [0.25, 0.3) is 5.69 Å². The number of hydrogen-bond acceptors (Lipinski definition) is 1.